The van der Waals surface area contributed by atoms with Gasteiger partial charge in [-0.1, -0.05) is 42.5 Å². The molecule has 1 amide bonds. The zero-order valence-electron chi connectivity index (χ0n) is 16.1. The van der Waals surface area contributed by atoms with Crippen molar-refractivity contribution in [3.8, 4) is 11.1 Å². The molecule has 3 aromatic rings. The second kappa shape index (κ2) is 8.82. The van der Waals surface area contributed by atoms with E-state index in [1.807, 2.05) is 41.3 Å². The van der Waals surface area contributed by atoms with Gasteiger partial charge in [-0.3, -0.25) is 4.79 Å². The van der Waals surface area contributed by atoms with E-state index in [0.717, 1.165) is 36.1 Å². The number of benzene rings is 2. The zero-order chi connectivity index (χ0) is 20.1. The van der Waals surface area contributed by atoms with Crippen LogP contribution < -0.4 is 10.2 Å². The first-order chi connectivity index (χ1) is 14.2. The minimum Gasteiger partial charge on any atom is -0.352 e. The Balaban J connectivity index is 1.38. The lowest BCUT2D eigenvalue weighted by Crippen LogP contribution is -2.43. The molecule has 5 nitrogen and oxygen atoms in total. The molecule has 0 unspecified atom stereocenters. The Morgan fingerprint density at radius 2 is 1.86 bits per heavy atom. The molecule has 1 saturated heterocycles. The van der Waals surface area contributed by atoms with Crippen molar-refractivity contribution in [3.63, 3.8) is 0 Å². The van der Waals surface area contributed by atoms with Crippen LogP contribution >= 0.6 is 0 Å². The van der Waals surface area contributed by atoms with Crippen LogP contribution in [0.25, 0.3) is 11.1 Å². The fourth-order valence-electron chi connectivity index (χ4n) is 3.60. The summed E-state index contributed by atoms with van der Waals surface area (Å²) in [5.74, 6) is 0.298. The molecule has 1 aliphatic rings. The molecule has 0 spiro atoms. The van der Waals surface area contributed by atoms with Gasteiger partial charge in [-0.05, 0) is 36.1 Å². The molecule has 1 fully saturated rings. The Morgan fingerprint density at radius 1 is 1.07 bits per heavy atom. The maximum absolute atomic E-state index is 13.4. The highest BCUT2D eigenvalue weighted by atomic mass is 19.1. The highest BCUT2D eigenvalue weighted by Gasteiger charge is 2.27. The van der Waals surface area contributed by atoms with Crippen molar-refractivity contribution in [2.45, 2.75) is 19.4 Å². The quantitative estimate of drug-likeness (QED) is 0.720. The molecular weight excluding hydrogens is 367 g/mol. The minimum absolute atomic E-state index is 0.0648. The van der Waals surface area contributed by atoms with Crippen LogP contribution in [0.15, 0.2) is 67.0 Å². The van der Waals surface area contributed by atoms with E-state index in [-0.39, 0.29) is 17.6 Å². The standard InChI is InChI=1S/C23H23FN4O/c24-21-10-4-8-18(12-21)20-14-26-23(27-15-20)28-11-5-9-19(16-28)22(29)25-13-17-6-2-1-3-7-17/h1-4,6-8,10,12,14-15,19H,5,9,11,13,16H2,(H,25,29)/t19-/m0/s1. The summed E-state index contributed by atoms with van der Waals surface area (Å²) in [5.41, 5.74) is 2.60. The average Bonchev–Trinajstić information content (AvgIpc) is 2.78. The normalized spacial score (nSPS) is 16.4. The smallest absolute Gasteiger partial charge is 0.225 e. The van der Waals surface area contributed by atoms with Gasteiger partial charge in [0.05, 0.1) is 5.92 Å². The number of hydrogen-bond donors (Lipinski definition) is 1. The third-order valence-corrected chi connectivity index (χ3v) is 5.18. The number of aromatic nitrogens is 2. The number of carbonyl (C=O) groups is 1. The number of hydrogen-bond acceptors (Lipinski definition) is 4. The topological polar surface area (TPSA) is 58.1 Å². The van der Waals surface area contributed by atoms with Gasteiger partial charge in [-0.25, -0.2) is 14.4 Å². The molecule has 2 aromatic carbocycles. The Bertz CT molecular complexity index is 962. The molecule has 0 radical (unpaired) electrons. The first-order valence-electron chi connectivity index (χ1n) is 9.83. The molecule has 4 rings (SSSR count). The van der Waals surface area contributed by atoms with Crippen molar-refractivity contribution < 1.29 is 9.18 Å². The fraction of sp³-hybridized carbons (Fsp3) is 0.261. The van der Waals surface area contributed by atoms with E-state index in [1.165, 1.54) is 12.1 Å². The van der Waals surface area contributed by atoms with Crippen molar-refractivity contribution in [1.82, 2.24) is 15.3 Å². The summed E-state index contributed by atoms with van der Waals surface area (Å²) in [4.78, 5) is 23.6. The van der Waals surface area contributed by atoms with Crippen LogP contribution in [0.3, 0.4) is 0 Å². The summed E-state index contributed by atoms with van der Waals surface area (Å²) in [6.45, 7) is 1.96. The van der Waals surface area contributed by atoms with Crippen molar-refractivity contribution in [2.24, 2.45) is 5.92 Å². The van der Waals surface area contributed by atoms with Gasteiger partial charge in [-0.2, -0.15) is 0 Å². The minimum atomic E-state index is -0.285. The van der Waals surface area contributed by atoms with Gasteiger partial charge in [0.1, 0.15) is 5.82 Å². The summed E-state index contributed by atoms with van der Waals surface area (Å²) in [6, 6.07) is 16.3. The zero-order valence-corrected chi connectivity index (χ0v) is 16.1. The number of halogens is 1. The fourth-order valence-corrected chi connectivity index (χ4v) is 3.60. The number of nitrogens with one attached hydrogen (secondary N) is 1. The summed E-state index contributed by atoms with van der Waals surface area (Å²) in [7, 11) is 0. The SMILES string of the molecule is O=C(NCc1ccccc1)[C@H]1CCCN(c2ncc(-c3cccc(F)c3)cn2)C1. The predicted octanol–water partition coefficient (Wildman–Crippen LogP) is 3.82. The van der Waals surface area contributed by atoms with E-state index in [1.54, 1.807) is 18.5 Å². The van der Waals surface area contributed by atoms with Crippen molar-refractivity contribution in [2.75, 3.05) is 18.0 Å². The molecule has 1 atom stereocenters. The molecule has 6 heteroatoms. The van der Waals surface area contributed by atoms with Gasteiger partial charge < -0.3 is 10.2 Å². The monoisotopic (exact) mass is 390 g/mol. The summed E-state index contributed by atoms with van der Waals surface area (Å²) in [6.07, 6.45) is 5.18. The van der Waals surface area contributed by atoms with Gasteiger partial charge in [0.15, 0.2) is 0 Å². The Morgan fingerprint density at radius 3 is 2.62 bits per heavy atom. The third kappa shape index (κ3) is 4.77. The van der Waals surface area contributed by atoms with Gasteiger partial charge in [0.2, 0.25) is 11.9 Å². The maximum Gasteiger partial charge on any atom is 0.225 e. The Kier molecular flexibility index (Phi) is 5.79. The lowest BCUT2D eigenvalue weighted by atomic mass is 9.97. The largest absolute Gasteiger partial charge is 0.352 e. The van der Waals surface area contributed by atoms with E-state index < -0.39 is 0 Å². The molecule has 0 bridgehead atoms. The van der Waals surface area contributed by atoms with Gasteiger partial charge in [0.25, 0.3) is 0 Å². The van der Waals surface area contributed by atoms with Crippen molar-refractivity contribution >= 4 is 11.9 Å². The van der Waals surface area contributed by atoms with Crippen LogP contribution in [0.1, 0.15) is 18.4 Å². The number of anilines is 1. The van der Waals surface area contributed by atoms with Gasteiger partial charge in [0, 0.05) is 37.6 Å². The van der Waals surface area contributed by atoms with Gasteiger partial charge >= 0.3 is 0 Å². The van der Waals surface area contributed by atoms with Crippen molar-refractivity contribution in [3.05, 3.63) is 78.4 Å². The molecule has 0 aliphatic carbocycles. The summed E-state index contributed by atoms with van der Waals surface area (Å²) in [5, 5.41) is 3.03. The van der Waals surface area contributed by atoms with Gasteiger partial charge in [-0.15, -0.1) is 0 Å². The van der Waals surface area contributed by atoms with Crippen LogP contribution in [-0.4, -0.2) is 29.0 Å². The summed E-state index contributed by atoms with van der Waals surface area (Å²) < 4.78 is 13.4. The highest BCUT2D eigenvalue weighted by molar-refractivity contribution is 5.79. The van der Waals surface area contributed by atoms with E-state index in [2.05, 4.69) is 15.3 Å². The molecule has 148 valence electrons. The number of nitrogens with zero attached hydrogens (tertiary/aromatic N) is 3. The molecular formula is C23H23FN4O. The van der Waals surface area contributed by atoms with Crippen LogP contribution in [0, 0.1) is 11.7 Å². The molecule has 2 heterocycles. The predicted molar refractivity (Wildman–Crippen MR) is 111 cm³/mol. The molecule has 0 saturated carbocycles. The molecule has 1 N–H and O–H groups in total. The van der Waals surface area contributed by atoms with Crippen molar-refractivity contribution in [1.29, 1.82) is 0 Å². The first kappa shape index (κ1) is 19.1. The second-order valence-corrected chi connectivity index (χ2v) is 7.27. The average molecular weight is 390 g/mol. The lowest BCUT2D eigenvalue weighted by molar-refractivity contribution is -0.125. The van der Waals surface area contributed by atoms with Crippen LogP contribution in [0.5, 0.6) is 0 Å². The number of piperidine rings is 1. The number of amides is 1. The van der Waals surface area contributed by atoms with E-state index >= 15 is 0 Å². The first-order valence-corrected chi connectivity index (χ1v) is 9.83. The maximum atomic E-state index is 13.4. The Hall–Kier alpha value is -3.28. The third-order valence-electron chi connectivity index (χ3n) is 5.18. The van der Waals surface area contributed by atoms with E-state index in [9.17, 15) is 9.18 Å². The molecule has 1 aromatic heterocycles. The molecule has 1 aliphatic heterocycles. The lowest BCUT2D eigenvalue weighted by Gasteiger charge is -2.32. The summed E-state index contributed by atoms with van der Waals surface area (Å²) >= 11 is 0. The van der Waals surface area contributed by atoms with E-state index in [0.29, 0.717) is 19.0 Å². The number of rotatable bonds is 5. The van der Waals surface area contributed by atoms with Crippen LogP contribution in [0.2, 0.25) is 0 Å². The van der Waals surface area contributed by atoms with E-state index in [4.69, 9.17) is 0 Å². The number of carbonyl (C=O) groups excluding carboxylic acids is 1. The Labute approximate surface area is 169 Å². The molecule has 29 heavy (non-hydrogen) atoms. The van der Waals surface area contributed by atoms with Crippen LogP contribution in [-0.2, 0) is 11.3 Å². The van der Waals surface area contributed by atoms with Crippen LogP contribution in [0.4, 0.5) is 10.3 Å². The second-order valence-electron chi connectivity index (χ2n) is 7.27. The highest BCUT2D eigenvalue weighted by Crippen LogP contribution is 2.23.